The summed E-state index contributed by atoms with van der Waals surface area (Å²) in [5.41, 5.74) is -0.490. The molecule has 0 bridgehead atoms. The molecule has 1 fully saturated rings. The average Bonchev–Trinajstić information content (AvgIpc) is 2.86. The van der Waals surface area contributed by atoms with Crippen molar-refractivity contribution in [2.45, 2.75) is 33.4 Å². The Morgan fingerprint density at radius 1 is 1.00 bits per heavy atom. The highest BCUT2D eigenvalue weighted by Gasteiger charge is 2.28. The third-order valence-electron chi connectivity index (χ3n) is 6.76. The predicted molar refractivity (Wildman–Crippen MR) is 144 cm³/mol. The van der Waals surface area contributed by atoms with Gasteiger partial charge in [-0.15, -0.1) is 0 Å². The van der Waals surface area contributed by atoms with Crippen LogP contribution in [0.3, 0.4) is 0 Å². The lowest BCUT2D eigenvalue weighted by molar-refractivity contribution is 0.302. The Labute approximate surface area is 225 Å². The quantitative estimate of drug-likeness (QED) is 0.330. The number of hydrogen-bond acceptors (Lipinski definition) is 7. The summed E-state index contributed by atoms with van der Waals surface area (Å²) in [7, 11) is 1.88. The van der Waals surface area contributed by atoms with Crippen LogP contribution >= 0.6 is 11.6 Å². The van der Waals surface area contributed by atoms with Crippen molar-refractivity contribution in [3.63, 3.8) is 0 Å². The van der Waals surface area contributed by atoms with E-state index in [1.807, 2.05) is 11.9 Å². The third-order valence-corrected chi connectivity index (χ3v) is 7.06. The topological polar surface area (TPSA) is 78.3 Å². The summed E-state index contributed by atoms with van der Waals surface area (Å²) in [5, 5.41) is 10.8. The van der Waals surface area contributed by atoms with Crippen molar-refractivity contribution in [1.82, 2.24) is 24.8 Å². The molecule has 1 saturated heterocycles. The number of aromatic nitrogens is 4. The molecular weight excluding hydrogens is 510 g/mol. The van der Waals surface area contributed by atoms with Gasteiger partial charge in [-0.1, -0.05) is 31.5 Å². The summed E-state index contributed by atoms with van der Waals surface area (Å²) < 4.78 is 31.0. The second-order valence-corrected chi connectivity index (χ2v) is 10.6. The summed E-state index contributed by atoms with van der Waals surface area (Å²) in [4.78, 5) is 22.1. The molecule has 1 aliphatic rings. The Kier molecular flexibility index (Phi) is 7.40. The van der Waals surface area contributed by atoms with Gasteiger partial charge >= 0.3 is 0 Å². The van der Waals surface area contributed by atoms with Gasteiger partial charge in [0.1, 0.15) is 34.6 Å². The maximum atomic E-state index is 16.2. The summed E-state index contributed by atoms with van der Waals surface area (Å²) in [6.07, 6.45) is 4.45. The zero-order valence-corrected chi connectivity index (χ0v) is 22.3. The van der Waals surface area contributed by atoms with Crippen LogP contribution < -0.4 is 4.90 Å². The highest BCUT2D eigenvalue weighted by molar-refractivity contribution is 6.34. The lowest BCUT2D eigenvalue weighted by atomic mass is 9.91. The number of phenols is 1. The van der Waals surface area contributed by atoms with Crippen molar-refractivity contribution in [2.75, 3.05) is 25.0 Å². The van der Waals surface area contributed by atoms with Crippen molar-refractivity contribution in [2.24, 2.45) is 11.8 Å². The van der Waals surface area contributed by atoms with Crippen molar-refractivity contribution in [3.8, 4) is 16.9 Å². The van der Waals surface area contributed by atoms with Crippen LogP contribution in [0.4, 0.5) is 14.6 Å². The molecule has 10 heteroatoms. The molecule has 0 aliphatic carbocycles. The number of hydrogen-bond donors (Lipinski definition) is 1. The van der Waals surface area contributed by atoms with E-state index in [9.17, 15) is 9.50 Å². The smallest absolute Gasteiger partial charge is 0.159 e. The number of aromatic hydroxyl groups is 1. The molecule has 4 aromatic rings. The fraction of sp³-hybridized carbons (Fsp3) is 0.357. The first-order valence-electron chi connectivity index (χ1n) is 12.6. The average molecular weight is 539 g/mol. The third kappa shape index (κ3) is 5.26. The molecule has 0 spiro atoms. The molecule has 0 radical (unpaired) electrons. The van der Waals surface area contributed by atoms with E-state index in [1.165, 1.54) is 12.1 Å². The van der Waals surface area contributed by atoms with Gasteiger partial charge in [0, 0.05) is 36.4 Å². The van der Waals surface area contributed by atoms with E-state index in [-0.39, 0.29) is 21.7 Å². The number of phenolic OH excluding ortho intramolecular Hbond substituents is 1. The Morgan fingerprint density at radius 3 is 2.37 bits per heavy atom. The van der Waals surface area contributed by atoms with E-state index in [2.05, 4.69) is 33.7 Å². The zero-order valence-electron chi connectivity index (χ0n) is 21.5. The molecule has 1 aliphatic heterocycles. The van der Waals surface area contributed by atoms with Gasteiger partial charge in [0.15, 0.2) is 5.82 Å². The second-order valence-electron chi connectivity index (χ2n) is 10.2. The highest BCUT2D eigenvalue weighted by Crippen LogP contribution is 2.42. The van der Waals surface area contributed by atoms with Crippen LogP contribution in [0.25, 0.3) is 22.0 Å². The van der Waals surface area contributed by atoms with E-state index >= 15 is 4.39 Å². The molecular formula is C28H29ClF2N6O. The monoisotopic (exact) mass is 538 g/mol. The Bertz CT molecular complexity index is 1440. The normalized spacial score (nSPS) is 17.9. The number of anilines is 1. The molecule has 198 valence electrons. The zero-order chi connectivity index (χ0) is 27.0. The van der Waals surface area contributed by atoms with E-state index in [4.69, 9.17) is 16.6 Å². The number of benzene rings is 2. The molecule has 2 aromatic carbocycles. The summed E-state index contributed by atoms with van der Waals surface area (Å²) >= 11 is 6.56. The molecule has 5 rings (SSSR count). The first kappa shape index (κ1) is 26.2. The lowest BCUT2D eigenvalue weighted by Crippen LogP contribution is -2.39. The Morgan fingerprint density at radius 2 is 1.68 bits per heavy atom. The molecule has 0 amide bonds. The minimum atomic E-state index is -0.801. The number of piperidine rings is 1. The summed E-state index contributed by atoms with van der Waals surface area (Å²) in [6, 6.07) is 7.13. The minimum Gasteiger partial charge on any atom is -0.507 e. The summed E-state index contributed by atoms with van der Waals surface area (Å²) in [6.45, 7) is 6.66. The number of halogens is 3. The van der Waals surface area contributed by atoms with E-state index in [0.717, 1.165) is 25.6 Å². The SMILES string of the molecule is C[C@@H]1C[C@H](C)CN(c2nc(CN(C)Cc3ncccn3)nc3c(F)c(-c4c(O)cccc4F)c(Cl)cc23)C1. The van der Waals surface area contributed by atoms with Gasteiger partial charge in [-0.2, -0.15) is 0 Å². The van der Waals surface area contributed by atoms with Crippen LogP contribution in [0.2, 0.25) is 5.02 Å². The predicted octanol–water partition coefficient (Wildman–Crippen LogP) is 5.84. The lowest BCUT2D eigenvalue weighted by Gasteiger charge is -2.36. The van der Waals surface area contributed by atoms with E-state index in [1.54, 1.807) is 24.5 Å². The van der Waals surface area contributed by atoms with Gasteiger partial charge in [-0.3, -0.25) is 4.90 Å². The largest absolute Gasteiger partial charge is 0.507 e. The molecule has 2 atom stereocenters. The van der Waals surface area contributed by atoms with Crippen molar-refractivity contribution >= 4 is 28.3 Å². The standard InChI is InChI=1S/C28H29ClF2N6O/c1-16-10-17(2)13-37(12-16)28-18-11-19(29)24(25-20(30)6-4-7-21(25)38)26(31)27(18)34-23(35-28)15-36(3)14-22-32-8-5-9-33-22/h4-9,11,16-17,38H,10,12-15H2,1-3H3/t16-,17+. The number of fused-ring (bicyclic) bond motifs is 1. The van der Waals surface area contributed by atoms with Crippen LogP contribution in [0.15, 0.2) is 42.7 Å². The van der Waals surface area contributed by atoms with Gasteiger partial charge in [0.2, 0.25) is 0 Å². The molecule has 7 nitrogen and oxygen atoms in total. The first-order chi connectivity index (χ1) is 18.2. The van der Waals surface area contributed by atoms with Gasteiger partial charge in [-0.25, -0.2) is 28.7 Å². The maximum Gasteiger partial charge on any atom is 0.159 e. The van der Waals surface area contributed by atoms with Gasteiger partial charge < -0.3 is 10.0 Å². The first-order valence-corrected chi connectivity index (χ1v) is 12.9. The number of nitrogens with zero attached hydrogens (tertiary/aromatic N) is 6. The van der Waals surface area contributed by atoms with E-state index < -0.39 is 17.4 Å². The molecule has 1 N–H and O–H groups in total. The van der Waals surface area contributed by atoms with E-state index in [0.29, 0.717) is 47.8 Å². The molecule has 0 unspecified atom stereocenters. The van der Waals surface area contributed by atoms with Crippen LogP contribution in [0.1, 0.15) is 31.9 Å². The molecule has 2 aromatic heterocycles. The molecule has 38 heavy (non-hydrogen) atoms. The Hall–Kier alpha value is -3.43. The van der Waals surface area contributed by atoms with Gasteiger partial charge in [0.05, 0.1) is 23.7 Å². The van der Waals surface area contributed by atoms with Crippen LogP contribution in [-0.4, -0.2) is 50.1 Å². The van der Waals surface area contributed by atoms with Crippen molar-refractivity contribution in [3.05, 3.63) is 71.0 Å². The highest BCUT2D eigenvalue weighted by atomic mass is 35.5. The van der Waals surface area contributed by atoms with Gasteiger partial charge in [0.25, 0.3) is 0 Å². The molecule has 0 saturated carbocycles. The van der Waals surface area contributed by atoms with Crippen molar-refractivity contribution in [1.29, 1.82) is 0 Å². The second kappa shape index (κ2) is 10.7. The van der Waals surface area contributed by atoms with Crippen molar-refractivity contribution < 1.29 is 13.9 Å². The minimum absolute atomic E-state index is 0.0237. The number of rotatable bonds is 6. The van der Waals surface area contributed by atoms with Crippen LogP contribution in [-0.2, 0) is 13.1 Å². The Balaban J connectivity index is 1.65. The van der Waals surface area contributed by atoms with Crippen LogP contribution in [0.5, 0.6) is 5.75 Å². The fourth-order valence-corrected chi connectivity index (χ4v) is 5.60. The fourth-order valence-electron chi connectivity index (χ4n) is 5.31. The summed E-state index contributed by atoms with van der Waals surface area (Å²) in [5.74, 6) is 0.525. The van der Waals surface area contributed by atoms with Gasteiger partial charge in [-0.05, 0) is 49.6 Å². The maximum absolute atomic E-state index is 16.2. The van der Waals surface area contributed by atoms with Crippen LogP contribution in [0, 0.1) is 23.5 Å². The molecule has 3 heterocycles.